The van der Waals surface area contributed by atoms with Gasteiger partial charge in [-0.25, -0.2) is 0 Å². The van der Waals surface area contributed by atoms with Gasteiger partial charge in [0, 0.05) is 30.2 Å². The zero-order chi connectivity index (χ0) is 8.23. The molecule has 0 aliphatic carbocycles. The molecule has 2 rings (SSSR count). The van der Waals surface area contributed by atoms with Crippen molar-refractivity contribution in [3.63, 3.8) is 0 Å². The van der Waals surface area contributed by atoms with Crippen LogP contribution in [0.1, 0.15) is 11.3 Å². The second-order valence-electron chi connectivity index (χ2n) is 3.04. The van der Waals surface area contributed by atoms with Crippen LogP contribution in [-0.2, 0) is 6.54 Å². The maximum atomic E-state index is 4.03. The monoisotopic (exact) mass is 183 g/mol. The van der Waals surface area contributed by atoms with E-state index in [0.717, 1.165) is 19.6 Å². The Kier molecular flexibility index (Phi) is 2.71. The minimum Gasteiger partial charge on any atom is -0.315 e. The molecular weight excluding hydrogens is 170 g/mol. The van der Waals surface area contributed by atoms with Gasteiger partial charge in [-0.3, -0.25) is 4.98 Å². The highest BCUT2D eigenvalue weighted by Gasteiger charge is 2.12. The topological polar surface area (TPSA) is 37.0 Å². The molecule has 3 nitrogen and oxygen atoms in total. The summed E-state index contributed by atoms with van der Waals surface area (Å²) in [6.45, 7) is 3.23. The van der Waals surface area contributed by atoms with Crippen molar-refractivity contribution in [3.8, 4) is 0 Å². The van der Waals surface area contributed by atoms with Crippen LogP contribution in [0.3, 0.4) is 0 Å². The molecule has 12 heavy (non-hydrogen) atoms. The van der Waals surface area contributed by atoms with Crippen LogP contribution in [0.15, 0.2) is 11.7 Å². The number of rotatable bonds is 3. The zero-order valence-electron chi connectivity index (χ0n) is 6.92. The molecule has 2 heterocycles. The van der Waals surface area contributed by atoms with Gasteiger partial charge in [0.05, 0.1) is 5.51 Å². The summed E-state index contributed by atoms with van der Waals surface area (Å²) in [7, 11) is 0. The van der Waals surface area contributed by atoms with Gasteiger partial charge >= 0.3 is 0 Å². The Morgan fingerprint density at radius 2 is 2.75 bits per heavy atom. The summed E-state index contributed by atoms with van der Waals surface area (Å²) < 4.78 is 0. The van der Waals surface area contributed by atoms with E-state index >= 15 is 0 Å². The molecule has 0 radical (unpaired) electrons. The van der Waals surface area contributed by atoms with Crippen molar-refractivity contribution in [1.29, 1.82) is 0 Å². The van der Waals surface area contributed by atoms with E-state index in [1.165, 1.54) is 11.3 Å². The Labute approximate surface area is 76.2 Å². The van der Waals surface area contributed by atoms with E-state index in [9.17, 15) is 0 Å². The Bertz CT molecular complexity index is 216. The molecular formula is C8H13N3S. The molecule has 1 saturated heterocycles. The molecule has 0 saturated carbocycles. The van der Waals surface area contributed by atoms with Crippen LogP contribution in [0.5, 0.6) is 0 Å². The standard InChI is InChI=1S/C8H13N3S/c1-2-9-3-7(1)11-5-8-4-10-6-12-8/h4,6-7,9,11H,1-3,5H2/t7-/m0/s1. The van der Waals surface area contributed by atoms with Gasteiger partial charge < -0.3 is 10.6 Å². The van der Waals surface area contributed by atoms with Gasteiger partial charge in [0.2, 0.25) is 0 Å². The highest BCUT2D eigenvalue weighted by atomic mass is 32.1. The SMILES string of the molecule is c1ncc(CN[C@H]2CCNC2)s1. The van der Waals surface area contributed by atoms with E-state index in [1.54, 1.807) is 11.3 Å². The molecule has 2 N–H and O–H groups in total. The van der Waals surface area contributed by atoms with Gasteiger partial charge in [-0.15, -0.1) is 11.3 Å². The first kappa shape index (κ1) is 8.16. The highest BCUT2D eigenvalue weighted by Crippen LogP contribution is 2.06. The molecule has 1 aromatic rings. The van der Waals surface area contributed by atoms with E-state index in [2.05, 4.69) is 15.6 Å². The lowest BCUT2D eigenvalue weighted by atomic mass is 10.2. The lowest BCUT2D eigenvalue weighted by molar-refractivity contribution is 0.550. The summed E-state index contributed by atoms with van der Waals surface area (Å²) in [6, 6.07) is 0.659. The molecule has 0 spiro atoms. The summed E-state index contributed by atoms with van der Waals surface area (Å²) in [5, 5.41) is 6.82. The normalized spacial score (nSPS) is 23.2. The number of hydrogen-bond acceptors (Lipinski definition) is 4. The number of nitrogens with one attached hydrogen (secondary N) is 2. The van der Waals surface area contributed by atoms with E-state index in [-0.39, 0.29) is 0 Å². The minimum absolute atomic E-state index is 0.659. The molecule has 1 aliphatic rings. The Morgan fingerprint density at radius 3 is 3.42 bits per heavy atom. The van der Waals surface area contributed by atoms with E-state index in [4.69, 9.17) is 0 Å². The number of aromatic nitrogens is 1. The third kappa shape index (κ3) is 2.03. The maximum Gasteiger partial charge on any atom is 0.0794 e. The predicted octanol–water partition coefficient (Wildman–Crippen LogP) is 0.595. The average molecular weight is 183 g/mol. The molecule has 0 bridgehead atoms. The van der Waals surface area contributed by atoms with Crippen LogP contribution in [0.25, 0.3) is 0 Å². The number of nitrogens with zero attached hydrogens (tertiary/aromatic N) is 1. The first-order chi connectivity index (χ1) is 5.95. The van der Waals surface area contributed by atoms with Gasteiger partial charge in [-0.2, -0.15) is 0 Å². The van der Waals surface area contributed by atoms with Crippen LogP contribution in [0, 0.1) is 0 Å². The molecule has 0 amide bonds. The third-order valence-corrected chi connectivity index (χ3v) is 2.89. The van der Waals surface area contributed by atoms with Gasteiger partial charge in [0.15, 0.2) is 0 Å². The van der Waals surface area contributed by atoms with Crippen LogP contribution in [-0.4, -0.2) is 24.1 Å². The number of thiazole rings is 1. The first-order valence-corrected chi connectivity index (χ1v) is 5.14. The molecule has 1 atom stereocenters. The maximum absolute atomic E-state index is 4.03. The van der Waals surface area contributed by atoms with Crippen molar-refractivity contribution >= 4 is 11.3 Å². The molecule has 1 fully saturated rings. The highest BCUT2D eigenvalue weighted by molar-refractivity contribution is 7.09. The van der Waals surface area contributed by atoms with E-state index in [1.807, 2.05) is 11.7 Å². The van der Waals surface area contributed by atoms with Crippen molar-refractivity contribution in [1.82, 2.24) is 15.6 Å². The van der Waals surface area contributed by atoms with Gasteiger partial charge in [0.25, 0.3) is 0 Å². The Balaban J connectivity index is 1.74. The lowest BCUT2D eigenvalue weighted by Crippen LogP contribution is -2.30. The summed E-state index contributed by atoms with van der Waals surface area (Å²) in [4.78, 5) is 5.35. The fourth-order valence-corrected chi connectivity index (χ4v) is 1.95. The third-order valence-electron chi connectivity index (χ3n) is 2.11. The lowest BCUT2D eigenvalue weighted by Gasteiger charge is -2.08. The largest absolute Gasteiger partial charge is 0.315 e. The zero-order valence-corrected chi connectivity index (χ0v) is 7.73. The van der Waals surface area contributed by atoms with Crippen LogP contribution < -0.4 is 10.6 Å². The van der Waals surface area contributed by atoms with Crippen molar-refractivity contribution in [2.24, 2.45) is 0 Å². The Morgan fingerprint density at radius 1 is 1.75 bits per heavy atom. The van der Waals surface area contributed by atoms with Crippen molar-refractivity contribution in [2.75, 3.05) is 13.1 Å². The molecule has 0 aromatic carbocycles. The summed E-state index contributed by atoms with van der Waals surface area (Å²) in [5.74, 6) is 0. The fraction of sp³-hybridized carbons (Fsp3) is 0.625. The summed E-state index contributed by atoms with van der Waals surface area (Å²) in [6.07, 6.45) is 3.18. The minimum atomic E-state index is 0.659. The van der Waals surface area contributed by atoms with Crippen LogP contribution in [0.4, 0.5) is 0 Å². The second-order valence-corrected chi connectivity index (χ2v) is 4.01. The molecule has 1 aliphatic heterocycles. The van der Waals surface area contributed by atoms with Crippen LogP contribution >= 0.6 is 11.3 Å². The predicted molar refractivity (Wildman–Crippen MR) is 50.2 cm³/mol. The summed E-state index contributed by atoms with van der Waals surface area (Å²) >= 11 is 1.71. The second kappa shape index (κ2) is 3.98. The Hall–Kier alpha value is -0.450. The molecule has 4 heteroatoms. The first-order valence-electron chi connectivity index (χ1n) is 4.26. The molecule has 1 aromatic heterocycles. The van der Waals surface area contributed by atoms with Crippen molar-refractivity contribution < 1.29 is 0 Å². The van der Waals surface area contributed by atoms with Gasteiger partial charge in [0.1, 0.15) is 0 Å². The van der Waals surface area contributed by atoms with Crippen molar-refractivity contribution in [3.05, 3.63) is 16.6 Å². The van der Waals surface area contributed by atoms with Crippen LogP contribution in [0.2, 0.25) is 0 Å². The molecule has 0 unspecified atom stereocenters. The van der Waals surface area contributed by atoms with Gasteiger partial charge in [-0.05, 0) is 13.0 Å². The molecule has 66 valence electrons. The summed E-state index contributed by atoms with van der Waals surface area (Å²) in [5.41, 5.74) is 1.88. The quantitative estimate of drug-likeness (QED) is 0.720. The fourth-order valence-electron chi connectivity index (χ4n) is 1.40. The van der Waals surface area contributed by atoms with Crippen molar-refractivity contribution in [2.45, 2.75) is 19.0 Å². The average Bonchev–Trinajstić information content (AvgIpc) is 2.74. The van der Waals surface area contributed by atoms with E-state index in [0.29, 0.717) is 6.04 Å². The van der Waals surface area contributed by atoms with E-state index < -0.39 is 0 Å². The number of hydrogen-bond donors (Lipinski definition) is 2. The smallest absolute Gasteiger partial charge is 0.0794 e. The van der Waals surface area contributed by atoms with Gasteiger partial charge in [-0.1, -0.05) is 0 Å².